The first-order chi connectivity index (χ1) is 9.65. The van der Waals surface area contributed by atoms with Gasteiger partial charge in [-0.05, 0) is 52.9 Å². The summed E-state index contributed by atoms with van der Waals surface area (Å²) < 4.78 is 0.958. The molecular weight excluding hydrogens is 314 g/mol. The van der Waals surface area contributed by atoms with Crippen molar-refractivity contribution in [3.63, 3.8) is 0 Å². The highest BCUT2D eigenvalue weighted by Gasteiger charge is 2.21. The van der Waals surface area contributed by atoms with Gasteiger partial charge in [-0.2, -0.15) is 0 Å². The lowest BCUT2D eigenvalue weighted by Gasteiger charge is -2.30. The summed E-state index contributed by atoms with van der Waals surface area (Å²) in [6.45, 7) is 2.33. The fourth-order valence-corrected chi connectivity index (χ4v) is 3.39. The lowest BCUT2D eigenvalue weighted by Crippen LogP contribution is -2.30. The summed E-state index contributed by atoms with van der Waals surface area (Å²) >= 11 is 3.46. The quantitative estimate of drug-likeness (QED) is 0.791. The predicted molar refractivity (Wildman–Crippen MR) is 88.9 cm³/mol. The molecular formula is C16H20BrN3. The number of nitrogens with zero attached hydrogens (tertiary/aromatic N) is 1. The molecule has 3 rings (SSSR count). The fourth-order valence-electron chi connectivity index (χ4n) is 3.06. The molecule has 3 nitrogen and oxygen atoms in total. The van der Waals surface area contributed by atoms with Crippen molar-refractivity contribution in [2.75, 3.05) is 11.1 Å². The van der Waals surface area contributed by atoms with Gasteiger partial charge < -0.3 is 11.1 Å². The smallest absolute Gasteiger partial charge is 0.0954 e. The summed E-state index contributed by atoms with van der Waals surface area (Å²) in [6.07, 6.45) is 7.05. The molecule has 1 aromatic carbocycles. The van der Waals surface area contributed by atoms with E-state index in [9.17, 15) is 0 Å². The molecule has 0 radical (unpaired) electrons. The maximum absolute atomic E-state index is 6.07. The van der Waals surface area contributed by atoms with Gasteiger partial charge in [0.25, 0.3) is 0 Å². The van der Waals surface area contributed by atoms with Crippen LogP contribution in [-0.2, 0) is 0 Å². The third-order valence-corrected chi connectivity index (χ3v) is 4.74. The van der Waals surface area contributed by atoms with Crippen LogP contribution in [0.25, 0.3) is 10.9 Å². The molecule has 0 bridgehead atoms. The van der Waals surface area contributed by atoms with Crippen LogP contribution >= 0.6 is 15.9 Å². The highest BCUT2D eigenvalue weighted by atomic mass is 79.9. The third-order valence-electron chi connectivity index (χ3n) is 4.30. The number of halogens is 1. The van der Waals surface area contributed by atoms with Gasteiger partial charge in [-0.25, -0.2) is 0 Å². The molecule has 20 heavy (non-hydrogen) atoms. The number of nitrogens with one attached hydrogen (secondary N) is 1. The zero-order valence-electron chi connectivity index (χ0n) is 11.7. The number of nitrogen functional groups attached to an aromatic ring is 1. The van der Waals surface area contributed by atoms with Crippen molar-refractivity contribution in [2.24, 2.45) is 5.92 Å². The van der Waals surface area contributed by atoms with Gasteiger partial charge in [0.2, 0.25) is 0 Å². The first-order valence-electron chi connectivity index (χ1n) is 7.25. The van der Waals surface area contributed by atoms with Crippen molar-refractivity contribution < 1.29 is 0 Å². The number of rotatable bonds is 2. The van der Waals surface area contributed by atoms with E-state index in [1.165, 1.54) is 25.7 Å². The second-order valence-corrected chi connectivity index (χ2v) is 6.68. The van der Waals surface area contributed by atoms with E-state index in [1.54, 1.807) is 0 Å². The van der Waals surface area contributed by atoms with Crippen LogP contribution in [-0.4, -0.2) is 11.0 Å². The van der Waals surface area contributed by atoms with Crippen LogP contribution < -0.4 is 11.1 Å². The summed E-state index contributed by atoms with van der Waals surface area (Å²) in [5.41, 5.74) is 8.90. The van der Waals surface area contributed by atoms with Gasteiger partial charge >= 0.3 is 0 Å². The highest BCUT2D eigenvalue weighted by Crippen LogP contribution is 2.32. The summed E-state index contributed by atoms with van der Waals surface area (Å²) in [7, 11) is 0. The lowest BCUT2D eigenvalue weighted by atomic mass is 9.86. The van der Waals surface area contributed by atoms with Gasteiger partial charge in [-0.15, -0.1) is 0 Å². The molecule has 106 valence electrons. The molecule has 2 aromatic rings. The maximum atomic E-state index is 6.07. The molecule has 1 heterocycles. The van der Waals surface area contributed by atoms with Crippen molar-refractivity contribution in [3.8, 4) is 0 Å². The number of anilines is 2. The molecule has 1 saturated carbocycles. The summed E-state index contributed by atoms with van der Waals surface area (Å²) in [4.78, 5) is 4.54. The second-order valence-electron chi connectivity index (χ2n) is 5.76. The minimum Gasteiger partial charge on any atom is -0.398 e. The van der Waals surface area contributed by atoms with E-state index in [4.69, 9.17) is 5.73 Å². The number of fused-ring (bicyclic) bond motifs is 1. The fraction of sp³-hybridized carbons (Fsp3) is 0.438. The Bertz CT molecular complexity index is 626. The van der Waals surface area contributed by atoms with E-state index in [0.29, 0.717) is 12.0 Å². The van der Waals surface area contributed by atoms with Gasteiger partial charge in [0.1, 0.15) is 0 Å². The molecule has 0 saturated heterocycles. The summed E-state index contributed by atoms with van der Waals surface area (Å²) in [5, 5.41) is 4.69. The molecule has 3 N–H and O–H groups in total. The Kier molecular flexibility index (Phi) is 3.83. The average molecular weight is 334 g/mol. The van der Waals surface area contributed by atoms with Crippen LogP contribution in [0.3, 0.4) is 0 Å². The molecule has 2 unspecified atom stereocenters. The Labute approximate surface area is 128 Å². The maximum Gasteiger partial charge on any atom is 0.0954 e. The molecule has 0 aliphatic heterocycles. The number of hydrogen-bond donors (Lipinski definition) is 2. The van der Waals surface area contributed by atoms with E-state index in [2.05, 4.69) is 39.2 Å². The zero-order valence-corrected chi connectivity index (χ0v) is 13.3. The monoisotopic (exact) mass is 333 g/mol. The van der Waals surface area contributed by atoms with E-state index in [-0.39, 0.29) is 0 Å². The van der Waals surface area contributed by atoms with E-state index in [0.717, 1.165) is 26.8 Å². The molecule has 1 fully saturated rings. The van der Waals surface area contributed by atoms with Gasteiger partial charge in [0.05, 0.1) is 11.2 Å². The van der Waals surface area contributed by atoms with E-state index >= 15 is 0 Å². The highest BCUT2D eigenvalue weighted by molar-refractivity contribution is 9.10. The van der Waals surface area contributed by atoms with Crippen LogP contribution in [0.1, 0.15) is 32.6 Å². The van der Waals surface area contributed by atoms with Crippen LogP contribution in [0.2, 0.25) is 0 Å². The summed E-state index contributed by atoms with van der Waals surface area (Å²) in [6, 6.07) is 6.60. The number of pyridine rings is 1. The molecule has 1 aromatic heterocycles. The van der Waals surface area contributed by atoms with E-state index < -0.39 is 0 Å². The third kappa shape index (κ3) is 2.62. The topological polar surface area (TPSA) is 50.9 Å². The van der Waals surface area contributed by atoms with Crippen molar-refractivity contribution in [2.45, 2.75) is 38.6 Å². The number of benzene rings is 1. The predicted octanol–water partition coefficient (Wildman–Crippen LogP) is 4.57. The Balaban J connectivity index is 1.97. The lowest BCUT2D eigenvalue weighted by molar-refractivity contribution is 0.350. The number of aromatic nitrogens is 1. The molecule has 2 atom stereocenters. The van der Waals surface area contributed by atoms with Crippen molar-refractivity contribution >= 4 is 38.2 Å². The molecule has 0 spiro atoms. The first kappa shape index (κ1) is 13.7. The Morgan fingerprint density at radius 1 is 1.30 bits per heavy atom. The Morgan fingerprint density at radius 3 is 2.90 bits per heavy atom. The normalized spacial score (nSPS) is 22.9. The minimum absolute atomic E-state index is 0.543. The minimum atomic E-state index is 0.543. The number of hydrogen-bond acceptors (Lipinski definition) is 3. The van der Waals surface area contributed by atoms with Gasteiger partial charge in [-0.1, -0.05) is 19.8 Å². The molecule has 4 heteroatoms. The van der Waals surface area contributed by atoms with Gasteiger partial charge in [-0.3, -0.25) is 4.98 Å². The Hall–Kier alpha value is -1.29. The van der Waals surface area contributed by atoms with E-state index in [1.807, 2.05) is 18.3 Å². The number of nitrogens with two attached hydrogens (primary N) is 1. The largest absolute Gasteiger partial charge is 0.398 e. The molecule has 1 aliphatic rings. The van der Waals surface area contributed by atoms with Crippen LogP contribution in [0.4, 0.5) is 11.4 Å². The zero-order chi connectivity index (χ0) is 14.1. The summed E-state index contributed by atoms with van der Waals surface area (Å²) in [5.74, 6) is 0.715. The van der Waals surface area contributed by atoms with Crippen molar-refractivity contribution in [1.82, 2.24) is 4.98 Å². The van der Waals surface area contributed by atoms with Crippen LogP contribution in [0.15, 0.2) is 28.9 Å². The van der Waals surface area contributed by atoms with Crippen LogP contribution in [0, 0.1) is 5.92 Å². The van der Waals surface area contributed by atoms with Gasteiger partial charge in [0, 0.05) is 27.8 Å². The standard InChI is InChI=1S/C16H20BrN3/c1-10-4-2-3-5-14(10)20-15-7-6-13(18)12-8-11(17)9-19-16(12)15/h6-10,14,20H,2-5,18H2,1H3. The average Bonchev–Trinajstić information content (AvgIpc) is 2.44. The molecule has 1 aliphatic carbocycles. The second kappa shape index (κ2) is 5.60. The first-order valence-corrected chi connectivity index (χ1v) is 8.05. The Morgan fingerprint density at radius 2 is 2.10 bits per heavy atom. The van der Waals surface area contributed by atoms with Gasteiger partial charge in [0.15, 0.2) is 0 Å². The van der Waals surface area contributed by atoms with Crippen LogP contribution in [0.5, 0.6) is 0 Å². The SMILES string of the molecule is CC1CCCCC1Nc1ccc(N)c2cc(Br)cnc12. The van der Waals surface area contributed by atoms with Crippen molar-refractivity contribution in [3.05, 3.63) is 28.9 Å². The van der Waals surface area contributed by atoms with Crippen molar-refractivity contribution in [1.29, 1.82) is 0 Å². The molecule has 0 amide bonds.